The van der Waals surface area contributed by atoms with Crippen molar-refractivity contribution in [1.29, 1.82) is 0 Å². The molecule has 8 N–H and O–H groups in total. The van der Waals surface area contributed by atoms with Gasteiger partial charge in [0.1, 0.15) is 28.6 Å². The van der Waals surface area contributed by atoms with Crippen molar-refractivity contribution in [1.82, 2.24) is 0 Å². The van der Waals surface area contributed by atoms with Gasteiger partial charge in [-0.1, -0.05) is 0 Å². The number of carbonyl (C=O) groups excluding carboxylic acids is 2. The number of amides is 1. The smallest absolute Gasteiger partial charge is 0.256 e. The molecule has 3 aliphatic carbocycles. The molecular formula is C23H25N3O7. The summed E-state index contributed by atoms with van der Waals surface area (Å²) in [7, 11) is 0. The number of aliphatic hydroxyl groups excluding tert-OH is 3. The molecular weight excluding hydrogens is 430 g/mol. The second kappa shape index (κ2) is 7.53. The Labute approximate surface area is 189 Å². The van der Waals surface area contributed by atoms with E-state index in [0.717, 1.165) is 11.3 Å². The maximum absolute atomic E-state index is 12.6. The molecule has 1 aliphatic heterocycles. The molecule has 174 valence electrons. The van der Waals surface area contributed by atoms with Crippen molar-refractivity contribution < 1.29 is 34.8 Å². The van der Waals surface area contributed by atoms with Crippen LogP contribution in [0.5, 0.6) is 5.75 Å². The maximum Gasteiger partial charge on any atom is 0.256 e. The van der Waals surface area contributed by atoms with Crippen LogP contribution in [0, 0.1) is 11.8 Å². The number of rotatable bonds is 2. The minimum absolute atomic E-state index is 0.0824. The van der Waals surface area contributed by atoms with Crippen molar-refractivity contribution in [2.45, 2.75) is 18.9 Å². The lowest BCUT2D eigenvalue weighted by atomic mass is 9.65. The number of phenols is 1. The van der Waals surface area contributed by atoms with Crippen LogP contribution in [0.1, 0.15) is 17.5 Å². The number of benzene rings is 1. The molecule has 1 aromatic rings. The highest BCUT2D eigenvalue weighted by Gasteiger charge is 2.49. The predicted octanol–water partition coefficient (Wildman–Crippen LogP) is 0.710. The Balaban J connectivity index is 1.71. The zero-order valence-electron chi connectivity index (χ0n) is 17.7. The van der Waals surface area contributed by atoms with E-state index in [-0.39, 0.29) is 34.6 Å². The number of aliphatic hydroxyl groups is 3. The van der Waals surface area contributed by atoms with Crippen LogP contribution in [0.25, 0.3) is 5.76 Å². The Hall–Kier alpha value is -3.50. The van der Waals surface area contributed by atoms with Gasteiger partial charge in [0.25, 0.3) is 5.91 Å². The molecule has 1 fully saturated rings. The minimum Gasteiger partial charge on any atom is -0.507 e. The lowest BCUT2D eigenvalue weighted by Crippen LogP contribution is -2.49. The monoisotopic (exact) mass is 455 g/mol. The van der Waals surface area contributed by atoms with E-state index in [1.165, 1.54) is 6.07 Å². The highest BCUT2D eigenvalue weighted by atomic mass is 16.5. The Kier molecular flexibility index (Phi) is 4.87. The molecule has 0 saturated carbocycles. The van der Waals surface area contributed by atoms with E-state index in [4.69, 9.17) is 16.2 Å². The van der Waals surface area contributed by atoms with Gasteiger partial charge in [-0.2, -0.15) is 0 Å². The molecule has 0 bridgehead atoms. The summed E-state index contributed by atoms with van der Waals surface area (Å²) in [5, 5.41) is 43.5. The number of nitrogens with zero attached hydrogens (tertiary/aromatic N) is 1. The van der Waals surface area contributed by atoms with Crippen molar-refractivity contribution in [3.63, 3.8) is 0 Å². The number of phenolic OH excluding ortho intramolecular Hbond substituents is 1. The van der Waals surface area contributed by atoms with Crippen LogP contribution < -0.4 is 16.4 Å². The number of primary amides is 1. The van der Waals surface area contributed by atoms with Crippen LogP contribution in [0.2, 0.25) is 0 Å². The summed E-state index contributed by atoms with van der Waals surface area (Å²) in [4.78, 5) is 26.5. The normalized spacial score (nSPS) is 27.4. The molecule has 10 nitrogen and oxygen atoms in total. The van der Waals surface area contributed by atoms with Gasteiger partial charge in [0.15, 0.2) is 5.78 Å². The maximum atomic E-state index is 12.6. The molecule has 1 saturated heterocycles. The van der Waals surface area contributed by atoms with Gasteiger partial charge in [-0.3, -0.25) is 9.59 Å². The van der Waals surface area contributed by atoms with E-state index >= 15 is 0 Å². The van der Waals surface area contributed by atoms with E-state index in [9.17, 15) is 30.0 Å². The number of fused-ring (bicyclic) bond motifs is 3. The standard InChI is InChI=1S/C23H25N3O7/c24-18-11-8-9-7-10-12(26-3-5-33-6-4-26)1-2-13(27)15(10)19(28)14(9)20(29)16(11)21(30)17(22(18)31)23(25)32/h1-2,9,11,18,27-30H,3-8,24H2,(H2,25,32)/t9-,11+,18?/m0/s1. The van der Waals surface area contributed by atoms with Gasteiger partial charge >= 0.3 is 0 Å². The molecule has 0 spiro atoms. The van der Waals surface area contributed by atoms with Crippen molar-refractivity contribution in [3.8, 4) is 5.75 Å². The summed E-state index contributed by atoms with van der Waals surface area (Å²) in [5.41, 5.74) is 12.6. The first kappa shape index (κ1) is 21.4. The highest BCUT2D eigenvalue weighted by Crippen LogP contribution is 2.52. The van der Waals surface area contributed by atoms with Gasteiger partial charge < -0.3 is 41.5 Å². The number of ketones is 1. The van der Waals surface area contributed by atoms with Gasteiger partial charge in [-0.05, 0) is 36.5 Å². The van der Waals surface area contributed by atoms with E-state index in [1.807, 2.05) is 0 Å². The Morgan fingerprint density at radius 2 is 1.73 bits per heavy atom. The number of morpholine rings is 1. The number of hydrogen-bond acceptors (Lipinski definition) is 9. The third kappa shape index (κ3) is 3.01. The average molecular weight is 455 g/mol. The molecule has 1 heterocycles. The first-order valence-corrected chi connectivity index (χ1v) is 10.8. The molecule has 1 unspecified atom stereocenters. The number of ether oxygens (including phenoxy) is 1. The van der Waals surface area contributed by atoms with Crippen molar-refractivity contribution in [3.05, 3.63) is 51.5 Å². The highest BCUT2D eigenvalue weighted by molar-refractivity contribution is 6.22. The third-order valence-corrected chi connectivity index (χ3v) is 7.11. The van der Waals surface area contributed by atoms with E-state index in [0.29, 0.717) is 32.7 Å². The first-order valence-electron chi connectivity index (χ1n) is 10.8. The number of allylic oxidation sites excluding steroid dienone is 2. The summed E-state index contributed by atoms with van der Waals surface area (Å²) in [5.74, 6) is -4.71. The fourth-order valence-electron chi connectivity index (χ4n) is 5.58. The van der Waals surface area contributed by atoms with Gasteiger partial charge in [0.2, 0.25) is 0 Å². The molecule has 1 amide bonds. The largest absolute Gasteiger partial charge is 0.507 e. The summed E-state index contributed by atoms with van der Waals surface area (Å²) >= 11 is 0. The van der Waals surface area contributed by atoms with Crippen molar-refractivity contribution in [2.24, 2.45) is 23.3 Å². The minimum atomic E-state index is -1.17. The summed E-state index contributed by atoms with van der Waals surface area (Å²) in [6, 6.07) is 2.12. The van der Waals surface area contributed by atoms with Gasteiger partial charge in [0, 0.05) is 35.8 Å². The second-order valence-electron chi connectivity index (χ2n) is 8.80. The first-order chi connectivity index (χ1) is 15.7. The van der Waals surface area contributed by atoms with Crippen LogP contribution in [0.3, 0.4) is 0 Å². The molecule has 0 aromatic heterocycles. The number of nitrogens with two attached hydrogens (primary N) is 2. The number of aromatic hydroxyl groups is 1. The van der Waals surface area contributed by atoms with Crippen LogP contribution in [0.15, 0.2) is 40.4 Å². The van der Waals surface area contributed by atoms with Crippen molar-refractivity contribution in [2.75, 3.05) is 31.2 Å². The van der Waals surface area contributed by atoms with E-state index < -0.39 is 46.7 Å². The molecule has 33 heavy (non-hydrogen) atoms. The fraction of sp³-hybridized carbons (Fsp3) is 0.391. The molecule has 0 radical (unpaired) electrons. The molecule has 4 aliphatic rings. The van der Waals surface area contributed by atoms with Crippen LogP contribution >= 0.6 is 0 Å². The zero-order valence-corrected chi connectivity index (χ0v) is 17.7. The van der Waals surface area contributed by atoms with Crippen LogP contribution in [-0.4, -0.2) is 64.5 Å². The predicted molar refractivity (Wildman–Crippen MR) is 117 cm³/mol. The number of Topliss-reactive ketones (excluding diaryl/α,β-unsaturated/α-hetero) is 1. The number of anilines is 1. The summed E-state index contributed by atoms with van der Waals surface area (Å²) in [6.45, 7) is 2.44. The lowest BCUT2D eigenvalue weighted by molar-refractivity contribution is -0.123. The topological polar surface area (TPSA) is 180 Å². The van der Waals surface area contributed by atoms with Gasteiger partial charge in [-0.25, -0.2) is 0 Å². The Morgan fingerprint density at radius 3 is 2.39 bits per heavy atom. The second-order valence-corrected chi connectivity index (χ2v) is 8.80. The number of carbonyl (C=O) groups is 2. The fourth-order valence-corrected chi connectivity index (χ4v) is 5.58. The SMILES string of the molecule is NC(=O)C1=C(O)C2=C(O)C3=C(O)c4c(O)ccc(N5CCOCC5)c4C[C@H]3C[C@H]2C(N)C1=O. The van der Waals surface area contributed by atoms with E-state index in [1.54, 1.807) is 6.07 Å². The summed E-state index contributed by atoms with van der Waals surface area (Å²) in [6.07, 6.45) is 0.622. The van der Waals surface area contributed by atoms with Gasteiger partial charge in [0.05, 0.1) is 24.8 Å². The zero-order chi connectivity index (χ0) is 23.6. The van der Waals surface area contributed by atoms with Crippen LogP contribution in [0.4, 0.5) is 5.69 Å². The third-order valence-electron chi connectivity index (χ3n) is 7.11. The van der Waals surface area contributed by atoms with E-state index in [2.05, 4.69) is 4.90 Å². The molecule has 5 rings (SSSR count). The van der Waals surface area contributed by atoms with Crippen LogP contribution in [-0.2, 0) is 20.7 Å². The Bertz CT molecular complexity index is 1180. The lowest BCUT2D eigenvalue weighted by Gasteiger charge is -2.41. The molecule has 10 heteroatoms. The number of hydrogen-bond donors (Lipinski definition) is 6. The summed E-state index contributed by atoms with van der Waals surface area (Å²) < 4.78 is 5.43. The Morgan fingerprint density at radius 1 is 1.03 bits per heavy atom. The van der Waals surface area contributed by atoms with Gasteiger partial charge in [-0.15, -0.1) is 0 Å². The molecule has 1 aromatic carbocycles. The average Bonchev–Trinajstić information content (AvgIpc) is 2.77. The quantitative estimate of drug-likeness (QED) is 0.350. The van der Waals surface area contributed by atoms with Crippen molar-refractivity contribution >= 4 is 23.1 Å². The molecule has 3 atom stereocenters.